The molecular weight excluding hydrogens is 372 g/mol. The van der Waals surface area contributed by atoms with Gasteiger partial charge < -0.3 is 19.7 Å². The van der Waals surface area contributed by atoms with Gasteiger partial charge >= 0.3 is 0 Å². The van der Waals surface area contributed by atoms with Crippen LogP contribution in [-0.2, 0) is 16.0 Å². The summed E-state index contributed by atoms with van der Waals surface area (Å²) in [6, 6.07) is 7.33. The maximum absolute atomic E-state index is 12.1. The Hall–Kier alpha value is -3.27. The highest BCUT2D eigenvalue weighted by molar-refractivity contribution is 7.17. The van der Waals surface area contributed by atoms with Gasteiger partial charge in [-0.05, 0) is 19.1 Å². The number of hydrogen-bond donors (Lipinski definition) is 2. The fourth-order valence-electron chi connectivity index (χ4n) is 2.15. The van der Waals surface area contributed by atoms with E-state index in [1.54, 1.807) is 27.1 Å². The first kappa shape index (κ1) is 20.0. The van der Waals surface area contributed by atoms with Gasteiger partial charge in [0.25, 0.3) is 12.4 Å². The smallest absolute Gasteiger partial charge is 0.290 e. The van der Waals surface area contributed by atoms with Crippen LogP contribution in [0.1, 0.15) is 21.3 Å². The van der Waals surface area contributed by atoms with E-state index in [0.29, 0.717) is 32.7 Å². The summed E-state index contributed by atoms with van der Waals surface area (Å²) in [4.78, 5) is 43.0. The van der Waals surface area contributed by atoms with Crippen molar-refractivity contribution in [3.63, 3.8) is 0 Å². The highest BCUT2D eigenvalue weighted by atomic mass is 32.1. The lowest BCUT2D eigenvalue weighted by atomic mass is 10.3. The molecular formula is C17H18N4O5S. The molecule has 0 spiro atoms. The van der Waals surface area contributed by atoms with Gasteiger partial charge in [-0.25, -0.2) is 9.97 Å². The molecule has 0 unspecified atom stereocenters. The fraction of sp³-hybridized carbons (Fsp3) is 0.235. The van der Waals surface area contributed by atoms with Crippen molar-refractivity contribution >= 4 is 45.9 Å². The zero-order valence-electron chi connectivity index (χ0n) is 14.9. The van der Waals surface area contributed by atoms with E-state index in [0.717, 1.165) is 11.3 Å². The summed E-state index contributed by atoms with van der Waals surface area (Å²) in [5.74, 6) is -0.0878. The Morgan fingerprint density at radius 1 is 1.30 bits per heavy atom. The van der Waals surface area contributed by atoms with Crippen molar-refractivity contribution in [2.24, 2.45) is 0 Å². The minimum absolute atomic E-state index is 0.00423. The first-order valence-electron chi connectivity index (χ1n) is 7.77. The molecule has 9 nitrogen and oxygen atoms in total. The van der Waals surface area contributed by atoms with Crippen LogP contribution in [0.2, 0.25) is 0 Å². The zero-order chi connectivity index (χ0) is 20.0. The Balaban J connectivity index is 0.000000817. The summed E-state index contributed by atoms with van der Waals surface area (Å²) in [5.41, 5.74) is 1.95. The molecule has 0 atom stereocenters. The van der Waals surface area contributed by atoms with Crippen LogP contribution in [0.15, 0.2) is 28.7 Å². The van der Waals surface area contributed by atoms with Gasteiger partial charge in [0.05, 0.1) is 5.69 Å². The molecule has 2 amide bonds. The van der Waals surface area contributed by atoms with Gasteiger partial charge in [0.1, 0.15) is 16.8 Å². The molecule has 142 valence electrons. The van der Waals surface area contributed by atoms with Crippen LogP contribution in [-0.4, -0.2) is 52.4 Å². The number of aromatic nitrogens is 2. The van der Waals surface area contributed by atoms with Gasteiger partial charge in [0.2, 0.25) is 11.8 Å². The van der Waals surface area contributed by atoms with E-state index >= 15 is 0 Å². The third-order valence-corrected chi connectivity index (χ3v) is 4.35. The van der Waals surface area contributed by atoms with Crippen LogP contribution in [0.4, 0.5) is 5.13 Å². The summed E-state index contributed by atoms with van der Waals surface area (Å²) in [7, 11) is 3.35. The number of amides is 2. The number of benzene rings is 1. The molecule has 0 saturated carbocycles. The standard InChI is InChI=1S/C16H16N4O3S.CH2O2/c1-9-14(15(22)20(2)3)24-16(17-9)19-12(21)8-13-18-10-6-4-5-7-11(10)23-13;2-1-3/h4-7H,8H2,1-3H3,(H,17,19,21);1H,(H,2,3). The van der Waals surface area contributed by atoms with Crippen molar-refractivity contribution in [2.45, 2.75) is 13.3 Å². The quantitative estimate of drug-likeness (QED) is 0.654. The van der Waals surface area contributed by atoms with Crippen molar-refractivity contribution in [2.75, 3.05) is 19.4 Å². The average molecular weight is 390 g/mol. The predicted octanol–water partition coefficient (Wildman–Crippen LogP) is 2.18. The molecule has 0 aliphatic heterocycles. The van der Waals surface area contributed by atoms with Crippen molar-refractivity contribution < 1.29 is 23.9 Å². The maximum Gasteiger partial charge on any atom is 0.290 e. The van der Waals surface area contributed by atoms with Gasteiger partial charge in [-0.15, -0.1) is 0 Å². The third kappa shape index (κ3) is 5.11. The van der Waals surface area contributed by atoms with E-state index in [-0.39, 0.29) is 24.7 Å². The van der Waals surface area contributed by atoms with Gasteiger partial charge in [-0.2, -0.15) is 0 Å². The summed E-state index contributed by atoms with van der Waals surface area (Å²) in [5, 5.41) is 9.96. The molecule has 3 rings (SSSR count). The Morgan fingerprint density at radius 3 is 2.59 bits per heavy atom. The molecule has 27 heavy (non-hydrogen) atoms. The summed E-state index contributed by atoms with van der Waals surface area (Å²) < 4.78 is 5.53. The minimum atomic E-state index is -0.292. The Labute approximate surface area is 158 Å². The number of oxazole rings is 1. The monoisotopic (exact) mass is 390 g/mol. The second-order valence-corrected chi connectivity index (χ2v) is 6.54. The molecule has 2 heterocycles. The van der Waals surface area contributed by atoms with Crippen molar-refractivity contribution in [3.8, 4) is 0 Å². The van der Waals surface area contributed by atoms with Crippen LogP contribution in [0.25, 0.3) is 11.1 Å². The van der Waals surface area contributed by atoms with Gasteiger partial charge in [0, 0.05) is 14.1 Å². The number of carboxylic acid groups (broad SMARTS) is 1. The summed E-state index contributed by atoms with van der Waals surface area (Å²) in [6.45, 7) is 1.49. The minimum Gasteiger partial charge on any atom is -0.483 e. The van der Waals surface area contributed by atoms with E-state index in [1.807, 2.05) is 18.2 Å². The van der Waals surface area contributed by atoms with E-state index in [2.05, 4.69) is 15.3 Å². The molecule has 0 aliphatic rings. The van der Waals surface area contributed by atoms with Gasteiger partial charge in [0.15, 0.2) is 10.7 Å². The molecule has 1 aromatic carbocycles. The second-order valence-electron chi connectivity index (χ2n) is 5.54. The molecule has 0 saturated heterocycles. The van der Waals surface area contributed by atoms with Crippen LogP contribution < -0.4 is 5.32 Å². The molecule has 2 N–H and O–H groups in total. The fourth-order valence-corrected chi connectivity index (χ4v) is 3.15. The topological polar surface area (TPSA) is 126 Å². The molecule has 0 aliphatic carbocycles. The number of para-hydroxylation sites is 2. The number of nitrogens with zero attached hydrogens (tertiary/aromatic N) is 3. The van der Waals surface area contributed by atoms with E-state index < -0.39 is 0 Å². The number of nitrogens with one attached hydrogen (secondary N) is 1. The largest absolute Gasteiger partial charge is 0.483 e. The number of fused-ring (bicyclic) bond motifs is 1. The number of aryl methyl sites for hydroxylation is 1. The maximum atomic E-state index is 12.1. The van der Waals surface area contributed by atoms with Gasteiger partial charge in [-0.3, -0.25) is 14.4 Å². The Morgan fingerprint density at radius 2 is 1.96 bits per heavy atom. The van der Waals surface area contributed by atoms with E-state index in [9.17, 15) is 9.59 Å². The SMILES string of the molecule is Cc1nc(NC(=O)Cc2nc3ccccc3o2)sc1C(=O)N(C)C.O=CO. The highest BCUT2D eigenvalue weighted by Crippen LogP contribution is 2.24. The number of carbonyl (C=O) groups is 3. The number of thiazole rings is 1. The van der Waals surface area contributed by atoms with Crippen molar-refractivity contribution in [1.29, 1.82) is 0 Å². The lowest BCUT2D eigenvalue weighted by Crippen LogP contribution is -2.21. The molecule has 3 aromatic rings. The molecule has 2 aromatic heterocycles. The van der Waals surface area contributed by atoms with Crippen LogP contribution in [0.5, 0.6) is 0 Å². The Kier molecular flexibility index (Phi) is 6.61. The van der Waals surface area contributed by atoms with Crippen LogP contribution in [0, 0.1) is 6.92 Å². The first-order chi connectivity index (χ1) is 12.8. The molecule has 0 bridgehead atoms. The van der Waals surface area contributed by atoms with Gasteiger partial charge in [-0.1, -0.05) is 23.5 Å². The van der Waals surface area contributed by atoms with Crippen molar-refractivity contribution in [1.82, 2.24) is 14.9 Å². The lowest BCUT2D eigenvalue weighted by molar-refractivity contribution is -0.123. The lowest BCUT2D eigenvalue weighted by Gasteiger charge is -2.07. The molecule has 0 radical (unpaired) electrons. The predicted molar refractivity (Wildman–Crippen MR) is 99.9 cm³/mol. The summed E-state index contributed by atoms with van der Waals surface area (Å²) >= 11 is 1.15. The second kappa shape index (κ2) is 8.90. The van der Waals surface area contributed by atoms with E-state index in [4.69, 9.17) is 14.3 Å². The molecule has 10 heteroatoms. The Bertz CT molecular complexity index is 930. The number of carbonyl (C=O) groups excluding carboxylic acids is 2. The molecule has 0 fully saturated rings. The first-order valence-corrected chi connectivity index (χ1v) is 8.58. The van der Waals surface area contributed by atoms with Crippen molar-refractivity contribution in [3.05, 3.63) is 40.7 Å². The zero-order valence-corrected chi connectivity index (χ0v) is 15.7. The van der Waals surface area contributed by atoms with E-state index in [1.165, 1.54) is 4.90 Å². The normalized spacial score (nSPS) is 10.0. The van der Waals surface area contributed by atoms with Crippen LogP contribution >= 0.6 is 11.3 Å². The highest BCUT2D eigenvalue weighted by Gasteiger charge is 2.18. The summed E-state index contributed by atoms with van der Waals surface area (Å²) in [6.07, 6.45) is 0.00423. The average Bonchev–Trinajstić information content (AvgIpc) is 3.17. The number of hydrogen-bond acceptors (Lipinski definition) is 7. The third-order valence-electron chi connectivity index (χ3n) is 3.29. The number of rotatable bonds is 4. The van der Waals surface area contributed by atoms with Crippen LogP contribution in [0.3, 0.4) is 0 Å². The number of anilines is 1.